The van der Waals surface area contributed by atoms with Crippen LogP contribution in [0.1, 0.15) is 74.3 Å². The van der Waals surface area contributed by atoms with Gasteiger partial charge in [0, 0.05) is 44.1 Å². The third kappa shape index (κ3) is 8.42. The second-order valence-corrected chi connectivity index (χ2v) is 15.2. The number of ether oxygens (including phenoxy) is 5. The van der Waals surface area contributed by atoms with Crippen LogP contribution < -0.4 is 10.6 Å². The van der Waals surface area contributed by atoms with Crippen molar-refractivity contribution in [2.24, 2.45) is 0 Å². The van der Waals surface area contributed by atoms with Gasteiger partial charge in [-0.2, -0.15) is 0 Å². The highest BCUT2D eigenvalue weighted by molar-refractivity contribution is 5.88. The number of likely N-dealkylation sites (tertiary alicyclic amines) is 2. The fourth-order valence-electron chi connectivity index (χ4n) is 8.44. The predicted molar refractivity (Wildman–Crippen MR) is 217 cm³/mol. The Hall–Kier alpha value is -5.71. The summed E-state index contributed by atoms with van der Waals surface area (Å²) >= 11 is 0. The molecule has 0 bridgehead atoms. The van der Waals surface area contributed by atoms with Gasteiger partial charge in [-0.15, -0.1) is 0 Å². The lowest BCUT2D eigenvalue weighted by Crippen LogP contribution is -2.54. The van der Waals surface area contributed by atoms with E-state index >= 15 is 0 Å². The number of hydrogen-bond donors (Lipinski definition) is 4. The van der Waals surface area contributed by atoms with Crippen LogP contribution in [0.25, 0.3) is 33.6 Å². The van der Waals surface area contributed by atoms with Crippen LogP contribution in [0.2, 0.25) is 0 Å². The number of methoxy groups -OCH3 is 4. The molecule has 2 aromatic carbocycles. The number of nitrogens with zero attached hydrogens (tertiary/aromatic N) is 3. The van der Waals surface area contributed by atoms with Crippen molar-refractivity contribution < 1.29 is 42.9 Å². The van der Waals surface area contributed by atoms with Crippen LogP contribution in [0, 0.1) is 0 Å². The van der Waals surface area contributed by atoms with Gasteiger partial charge in [0.1, 0.15) is 17.9 Å². The van der Waals surface area contributed by atoms with Gasteiger partial charge in [0.15, 0.2) is 0 Å². The van der Waals surface area contributed by atoms with Gasteiger partial charge < -0.3 is 54.1 Å². The second kappa shape index (κ2) is 18.1. The molecule has 16 nitrogen and oxygen atoms in total. The number of aromatic nitrogens is 3. The van der Waals surface area contributed by atoms with Crippen molar-refractivity contribution in [1.82, 2.24) is 35.4 Å². The van der Waals surface area contributed by atoms with Crippen molar-refractivity contribution in [1.29, 1.82) is 0 Å². The molecule has 6 atom stereocenters. The van der Waals surface area contributed by atoms with Crippen molar-refractivity contribution in [3.63, 3.8) is 0 Å². The first-order valence-corrected chi connectivity index (χ1v) is 20.0. The minimum absolute atomic E-state index is 0.201. The molecule has 4 N–H and O–H groups in total. The van der Waals surface area contributed by atoms with E-state index in [1.807, 2.05) is 17.0 Å². The number of alkyl carbamates (subject to hydrolysis) is 2. The zero-order chi connectivity index (χ0) is 41.8. The molecule has 2 aromatic heterocycles. The summed E-state index contributed by atoms with van der Waals surface area (Å²) in [6.07, 6.45) is 2.44. The third-order valence-corrected chi connectivity index (χ3v) is 11.9. The highest BCUT2D eigenvalue weighted by Crippen LogP contribution is 2.42. The maximum atomic E-state index is 13.9. The summed E-state index contributed by atoms with van der Waals surface area (Å²) in [4.78, 5) is 67.1. The monoisotopic (exact) mass is 811 g/mol. The Bertz CT molecular complexity index is 2130. The summed E-state index contributed by atoms with van der Waals surface area (Å²) in [5, 5.41) is 5.29. The van der Waals surface area contributed by atoms with Gasteiger partial charge in [0.2, 0.25) is 11.8 Å². The van der Waals surface area contributed by atoms with Crippen LogP contribution in [0.3, 0.4) is 0 Å². The van der Waals surface area contributed by atoms with E-state index in [4.69, 9.17) is 23.7 Å². The van der Waals surface area contributed by atoms with Crippen LogP contribution in [0.4, 0.5) is 9.59 Å². The number of amides is 4. The average Bonchev–Trinajstić information content (AvgIpc) is 4.12. The Morgan fingerprint density at radius 3 is 1.73 bits per heavy atom. The van der Waals surface area contributed by atoms with Crippen molar-refractivity contribution >= 4 is 24.0 Å². The van der Waals surface area contributed by atoms with Crippen LogP contribution in [-0.4, -0.2) is 115 Å². The van der Waals surface area contributed by atoms with Gasteiger partial charge in [-0.25, -0.2) is 14.6 Å². The number of H-pyrrole nitrogens is 2. The predicted octanol–water partition coefficient (Wildman–Crippen LogP) is 5.62. The number of fused-ring (bicyclic) bond motifs is 1. The number of imidazole rings is 1. The minimum atomic E-state index is -0.901. The SMILES string of the molecule is COC(=O)N[C@H](C(=O)N1CCC[C@H]1c1[nH]c(-c2ccc(-c3ccc(-c4cnc([C@@H]5CCCN5C(=O)[C@@H](NC(=O)OC)[C@@H](C)OC)[nH]4)cc3)cc2)c2c1COC2)C(C)OC. The van der Waals surface area contributed by atoms with Crippen LogP contribution in [-0.2, 0) is 46.5 Å². The molecule has 4 aromatic rings. The molecule has 314 valence electrons. The van der Waals surface area contributed by atoms with Gasteiger partial charge in [-0.3, -0.25) is 9.59 Å². The van der Waals surface area contributed by atoms with Crippen molar-refractivity contribution in [3.8, 4) is 33.6 Å². The molecule has 3 aliphatic rings. The maximum absolute atomic E-state index is 13.9. The zero-order valence-electron chi connectivity index (χ0n) is 34.3. The molecule has 7 rings (SSSR count). The first kappa shape index (κ1) is 41.4. The fourth-order valence-corrected chi connectivity index (χ4v) is 8.44. The molecule has 5 heterocycles. The van der Waals surface area contributed by atoms with Crippen LogP contribution >= 0.6 is 0 Å². The lowest BCUT2D eigenvalue weighted by atomic mass is 9.99. The number of carbonyl (C=O) groups is 4. The maximum Gasteiger partial charge on any atom is 0.407 e. The van der Waals surface area contributed by atoms with Gasteiger partial charge in [-0.1, -0.05) is 48.5 Å². The molecule has 0 spiro atoms. The van der Waals surface area contributed by atoms with E-state index in [1.54, 1.807) is 24.9 Å². The largest absolute Gasteiger partial charge is 0.453 e. The third-order valence-electron chi connectivity index (χ3n) is 11.9. The Kier molecular flexibility index (Phi) is 12.7. The highest BCUT2D eigenvalue weighted by atomic mass is 16.5. The standard InChI is InChI=1S/C43H53N7O9/c1-24(55-3)35(47-42(53)57-5)40(51)49-19-7-9-33(49)38-31-23-59-22-30(31)37(46-38)29-17-13-27(14-18-29)26-11-15-28(16-12-26)32-21-44-39(45-32)34-10-8-20-50(34)41(52)36(25(2)56-4)48-43(54)58-6/h11-18,21,24-25,33-36,46H,7-10,19-20,22-23H2,1-6H3,(H,44,45)(H,47,53)(H,48,54)/t24?,25-,33+,34+,35+,36+/m1/s1. The zero-order valence-corrected chi connectivity index (χ0v) is 34.3. The number of carbonyl (C=O) groups excluding carboxylic acids is 4. The van der Waals surface area contributed by atoms with Gasteiger partial charge in [0.25, 0.3) is 0 Å². The summed E-state index contributed by atoms with van der Waals surface area (Å²) in [5.74, 6) is 0.216. The molecule has 0 aliphatic carbocycles. The number of aromatic amines is 2. The van der Waals surface area contributed by atoms with E-state index in [2.05, 4.69) is 62.0 Å². The van der Waals surface area contributed by atoms with Crippen LogP contribution in [0.15, 0.2) is 54.7 Å². The fraction of sp³-hybridized carbons (Fsp3) is 0.465. The number of rotatable bonds is 13. The molecule has 0 radical (unpaired) electrons. The molecule has 1 unspecified atom stereocenters. The van der Waals surface area contributed by atoms with Gasteiger partial charge >= 0.3 is 12.2 Å². The lowest BCUT2D eigenvalue weighted by Gasteiger charge is -2.31. The average molecular weight is 812 g/mol. The minimum Gasteiger partial charge on any atom is -0.453 e. The number of benzene rings is 2. The molecule has 2 saturated heterocycles. The molecule has 0 saturated carbocycles. The van der Waals surface area contributed by atoms with Gasteiger partial charge in [0.05, 0.1) is 69.3 Å². The van der Waals surface area contributed by atoms with Crippen LogP contribution in [0.5, 0.6) is 0 Å². The van der Waals surface area contributed by atoms with Crippen molar-refractivity contribution in [3.05, 3.63) is 77.4 Å². The molecule has 59 heavy (non-hydrogen) atoms. The Morgan fingerprint density at radius 1 is 0.695 bits per heavy atom. The summed E-state index contributed by atoms with van der Waals surface area (Å²) in [6, 6.07) is 14.4. The summed E-state index contributed by atoms with van der Waals surface area (Å²) in [7, 11) is 5.54. The second-order valence-electron chi connectivity index (χ2n) is 15.2. The summed E-state index contributed by atoms with van der Waals surface area (Å²) in [5.41, 5.74) is 9.02. The first-order valence-electron chi connectivity index (χ1n) is 20.0. The molecule has 16 heteroatoms. The molecule has 4 amide bonds. The highest BCUT2D eigenvalue weighted by Gasteiger charge is 2.41. The quantitative estimate of drug-likeness (QED) is 0.132. The van der Waals surface area contributed by atoms with E-state index in [0.717, 1.165) is 76.1 Å². The summed E-state index contributed by atoms with van der Waals surface area (Å²) in [6.45, 7) is 5.52. The first-order chi connectivity index (χ1) is 28.6. The van der Waals surface area contributed by atoms with Crippen molar-refractivity contribution in [2.45, 2.75) is 89.1 Å². The smallest absolute Gasteiger partial charge is 0.407 e. The topological polar surface area (TPSA) is 189 Å². The molecular formula is C43H53N7O9. The Balaban J connectivity index is 1.05. The van der Waals surface area contributed by atoms with E-state index < -0.39 is 36.5 Å². The van der Waals surface area contributed by atoms with E-state index in [1.165, 1.54) is 28.4 Å². The Labute approximate surface area is 343 Å². The van der Waals surface area contributed by atoms with E-state index in [9.17, 15) is 19.2 Å². The molecule has 3 aliphatic heterocycles. The van der Waals surface area contributed by atoms with Crippen molar-refractivity contribution in [2.75, 3.05) is 41.5 Å². The lowest BCUT2D eigenvalue weighted by molar-refractivity contribution is -0.138. The molecule has 2 fully saturated rings. The number of nitrogens with one attached hydrogen (secondary N) is 4. The molecular weight excluding hydrogens is 759 g/mol. The van der Waals surface area contributed by atoms with E-state index in [0.29, 0.717) is 32.1 Å². The summed E-state index contributed by atoms with van der Waals surface area (Å²) < 4.78 is 26.4. The Morgan fingerprint density at radius 2 is 1.19 bits per heavy atom. The van der Waals surface area contributed by atoms with E-state index in [-0.39, 0.29) is 23.9 Å². The normalized spacial score (nSPS) is 19.5. The van der Waals surface area contributed by atoms with Gasteiger partial charge in [-0.05, 0) is 61.8 Å². The number of hydrogen-bond acceptors (Lipinski definition) is 10.